The van der Waals surface area contributed by atoms with E-state index in [2.05, 4.69) is 21.2 Å². The molecule has 2 atom stereocenters. The average Bonchev–Trinajstić information content (AvgIpc) is 2.77. The van der Waals surface area contributed by atoms with Crippen LogP contribution in [-0.4, -0.2) is 50.0 Å². The normalized spacial score (nSPS) is 13.1. The summed E-state index contributed by atoms with van der Waals surface area (Å²) in [7, 11) is -3.93. The first-order chi connectivity index (χ1) is 15.8. The van der Waals surface area contributed by atoms with Gasteiger partial charge in [-0.05, 0) is 56.2 Å². The Morgan fingerprint density at radius 3 is 2.29 bits per heavy atom. The molecule has 11 heteroatoms. The Hall–Kier alpha value is -2.17. The summed E-state index contributed by atoms with van der Waals surface area (Å²) in [6.07, 6.45) is 1.65. The van der Waals surface area contributed by atoms with E-state index in [1.165, 1.54) is 11.0 Å². The summed E-state index contributed by atoms with van der Waals surface area (Å²) >= 11 is 9.20. The Morgan fingerprint density at radius 2 is 1.76 bits per heavy atom. The zero-order chi connectivity index (χ0) is 25.6. The van der Waals surface area contributed by atoms with Crippen LogP contribution in [0.25, 0.3) is 0 Å². The van der Waals surface area contributed by atoms with Gasteiger partial charge in [0.2, 0.25) is 21.8 Å². The first-order valence-corrected chi connectivity index (χ1v) is 13.6. The third-order valence-corrected chi connectivity index (χ3v) is 7.26. The first kappa shape index (κ1) is 28.1. The van der Waals surface area contributed by atoms with E-state index in [0.29, 0.717) is 6.42 Å². The molecule has 0 spiro atoms. The number of rotatable bonds is 10. The Labute approximate surface area is 213 Å². The Bertz CT molecular complexity index is 1130. The molecule has 0 aliphatic heterocycles. The molecular weight excluding hydrogens is 549 g/mol. The molecule has 0 unspecified atom stereocenters. The Balaban J connectivity index is 2.39. The van der Waals surface area contributed by atoms with Crippen LogP contribution in [0.5, 0.6) is 0 Å². The maximum absolute atomic E-state index is 13.6. The molecule has 2 aromatic carbocycles. The summed E-state index contributed by atoms with van der Waals surface area (Å²) in [6.45, 7) is 4.88. The van der Waals surface area contributed by atoms with Gasteiger partial charge in [0.05, 0.1) is 17.0 Å². The van der Waals surface area contributed by atoms with Gasteiger partial charge in [-0.1, -0.05) is 46.6 Å². The molecule has 2 amide bonds. The second-order valence-electron chi connectivity index (χ2n) is 8.01. The van der Waals surface area contributed by atoms with Gasteiger partial charge in [-0.15, -0.1) is 0 Å². The fourth-order valence-electron chi connectivity index (χ4n) is 3.09. The van der Waals surface area contributed by atoms with Crippen LogP contribution in [0.15, 0.2) is 46.9 Å². The van der Waals surface area contributed by atoms with Gasteiger partial charge in [-0.25, -0.2) is 12.8 Å². The molecule has 0 aromatic heterocycles. The van der Waals surface area contributed by atoms with E-state index in [4.69, 9.17) is 11.6 Å². The lowest BCUT2D eigenvalue weighted by Gasteiger charge is -2.32. The van der Waals surface area contributed by atoms with E-state index in [0.717, 1.165) is 32.7 Å². The van der Waals surface area contributed by atoms with Crippen molar-refractivity contribution in [1.29, 1.82) is 0 Å². The van der Waals surface area contributed by atoms with Gasteiger partial charge in [-0.2, -0.15) is 0 Å². The van der Waals surface area contributed by atoms with Crippen LogP contribution in [0.3, 0.4) is 0 Å². The minimum Gasteiger partial charge on any atom is -0.352 e. The fourth-order valence-corrected chi connectivity index (χ4v) is 4.37. The number of sulfonamides is 1. The number of hydrogen-bond acceptors (Lipinski definition) is 4. The summed E-state index contributed by atoms with van der Waals surface area (Å²) < 4.78 is 40.3. The zero-order valence-electron chi connectivity index (χ0n) is 19.4. The average molecular weight is 577 g/mol. The quantitative estimate of drug-likeness (QED) is 0.456. The van der Waals surface area contributed by atoms with Crippen LogP contribution in [0.1, 0.15) is 32.8 Å². The molecule has 0 radical (unpaired) electrons. The van der Waals surface area contributed by atoms with Crippen LogP contribution in [-0.2, 0) is 26.2 Å². The van der Waals surface area contributed by atoms with Crippen molar-refractivity contribution < 1.29 is 22.4 Å². The summed E-state index contributed by atoms with van der Waals surface area (Å²) in [4.78, 5) is 27.6. The van der Waals surface area contributed by atoms with Crippen molar-refractivity contribution in [2.45, 2.75) is 45.8 Å². The molecule has 186 valence electrons. The third kappa shape index (κ3) is 7.68. The summed E-state index contributed by atoms with van der Waals surface area (Å²) in [5, 5.41) is 2.59. The minimum atomic E-state index is -3.93. The van der Waals surface area contributed by atoms with Crippen LogP contribution in [0, 0.1) is 5.82 Å². The van der Waals surface area contributed by atoms with Crippen molar-refractivity contribution in [2.75, 3.05) is 17.1 Å². The van der Waals surface area contributed by atoms with Gasteiger partial charge in [0, 0.05) is 17.1 Å². The van der Waals surface area contributed by atoms with Gasteiger partial charge in [-0.3, -0.25) is 13.9 Å². The molecule has 0 aliphatic rings. The zero-order valence-corrected chi connectivity index (χ0v) is 22.5. The maximum Gasteiger partial charge on any atom is 0.244 e. The maximum atomic E-state index is 13.6. The highest BCUT2D eigenvalue weighted by atomic mass is 79.9. The number of carbonyl (C=O) groups is 2. The molecule has 0 fully saturated rings. The molecule has 1 N–H and O–H groups in total. The Morgan fingerprint density at radius 1 is 1.15 bits per heavy atom. The van der Waals surface area contributed by atoms with Crippen LogP contribution in [0.4, 0.5) is 10.1 Å². The lowest BCUT2D eigenvalue weighted by molar-refractivity contribution is -0.139. The number of carbonyl (C=O) groups excluding carboxylic acids is 2. The minimum absolute atomic E-state index is 0.0440. The number of benzene rings is 2. The molecular formula is C23H28BrClFN3O4S. The molecule has 7 nitrogen and oxygen atoms in total. The predicted molar refractivity (Wildman–Crippen MR) is 136 cm³/mol. The number of amides is 2. The van der Waals surface area contributed by atoms with Gasteiger partial charge < -0.3 is 10.2 Å². The van der Waals surface area contributed by atoms with Crippen molar-refractivity contribution in [1.82, 2.24) is 10.2 Å². The number of hydrogen-bond donors (Lipinski definition) is 1. The van der Waals surface area contributed by atoms with Gasteiger partial charge in [0.1, 0.15) is 18.4 Å². The fraction of sp³-hybridized carbons (Fsp3) is 0.391. The molecule has 2 aromatic rings. The second kappa shape index (κ2) is 12.0. The van der Waals surface area contributed by atoms with E-state index >= 15 is 0 Å². The number of nitrogens with one attached hydrogen (secondary N) is 1. The molecule has 0 saturated carbocycles. The lowest BCUT2D eigenvalue weighted by atomic mass is 10.1. The van der Waals surface area contributed by atoms with Gasteiger partial charge >= 0.3 is 0 Å². The van der Waals surface area contributed by atoms with E-state index in [1.54, 1.807) is 19.1 Å². The van der Waals surface area contributed by atoms with E-state index < -0.39 is 34.3 Å². The smallest absolute Gasteiger partial charge is 0.244 e. The SMILES string of the molecule is CC[C@H](C)NC(=O)[C@@H](C)N(Cc1ccc(Br)cc1)C(=O)CN(c1ccc(F)c(Cl)c1)S(C)(=O)=O. The van der Waals surface area contributed by atoms with Crippen molar-refractivity contribution >= 4 is 55.1 Å². The van der Waals surface area contributed by atoms with Gasteiger partial charge in [0.15, 0.2) is 0 Å². The third-order valence-electron chi connectivity index (χ3n) is 5.30. The van der Waals surface area contributed by atoms with E-state index in [-0.39, 0.29) is 29.2 Å². The first-order valence-electron chi connectivity index (χ1n) is 10.6. The largest absolute Gasteiger partial charge is 0.352 e. The van der Waals surface area contributed by atoms with E-state index in [9.17, 15) is 22.4 Å². The van der Waals surface area contributed by atoms with Crippen LogP contribution < -0.4 is 9.62 Å². The van der Waals surface area contributed by atoms with Crippen molar-refractivity contribution in [3.63, 3.8) is 0 Å². The van der Waals surface area contributed by atoms with Crippen LogP contribution in [0.2, 0.25) is 5.02 Å². The van der Waals surface area contributed by atoms with Gasteiger partial charge in [0.25, 0.3) is 0 Å². The Kier molecular flexibility index (Phi) is 9.90. The van der Waals surface area contributed by atoms with Crippen molar-refractivity contribution in [3.8, 4) is 0 Å². The molecule has 34 heavy (non-hydrogen) atoms. The highest BCUT2D eigenvalue weighted by Crippen LogP contribution is 2.25. The van der Waals surface area contributed by atoms with Crippen molar-refractivity contribution in [3.05, 3.63) is 63.3 Å². The summed E-state index contributed by atoms with van der Waals surface area (Å²) in [5.41, 5.74) is 0.804. The predicted octanol–water partition coefficient (Wildman–Crippen LogP) is 4.34. The number of nitrogens with zero attached hydrogens (tertiary/aromatic N) is 2. The summed E-state index contributed by atoms with van der Waals surface area (Å²) in [5.74, 6) is -1.66. The topological polar surface area (TPSA) is 86.8 Å². The molecule has 2 rings (SSSR count). The molecule has 0 heterocycles. The molecule has 0 saturated heterocycles. The molecule has 0 aliphatic carbocycles. The standard InChI is InChI=1S/C23H28BrClFN3O4S/c1-5-15(2)27-23(31)16(3)28(13-17-6-8-18(24)9-7-17)22(30)14-29(34(4,32)33)19-10-11-21(26)20(25)12-19/h6-12,15-16H,5,13-14H2,1-4H3,(H,27,31)/t15-,16+/m0/s1. The monoisotopic (exact) mass is 575 g/mol. The highest BCUT2D eigenvalue weighted by Gasteiger charge is 2.30. The molecule has 0 bridgehead atoms. The second-order valence-corrected chi connectivity index (χ2v) is 11.2. The summed E-state index contributed by atoms with van der Waals surface area (Å²) in [6, 6.07) is 9.67. The van der Waals surface area contributed by atoms with Crippen LogP contribution >= 0.6 is 27.5 Å². The highest BCUT2D eigenvalue weighted by molar-refractivity contribution is 9.10. The van der Waals surface area contributed by atoms with Crippen molar-refractivity contribution in [2.24, 2.45) is 0 Å². The number of anilines is 1. The van der Waals surface area contributed by atoms with E-state index in [1.807, 2.05) is 26.0 Å². The lowest BCUT2D eigenvalue weighted by Crippen LogP contribution is -2.52. The number of halogens is 3.